The molecular weight excluding hydrogens is 260 g/mol. The van der Waals surface area contributed by atoms with E-state index in [4.69, 9.17) is 10.5 Å². The number of likely N-dealkylation sites (tertiary alicyclic amines) is 1. The molecule has 0 saturated carbocycles. The van der Waals surface area contributed by atoms with Gasteiger partial charge in [0, 0.05) is 37.5 Å². The lowest BCUT2D eigenvalue weighted by Crippen LogP contribution is -2.51. The monoisotopic (exact) mass is 282 g/mol. The summed E-state index contributed by atoms with van der Waals surface area (Å²) >= 11 is 1.71. The van der Waals surface area contributed by atoms with Crippen LogP contribution in [0.2, 0.25) is 0 Å². The lowest BCUT2D eigenvalue weighted by molar-refractivity contribution is -0.136. The number of aryl methyl sites for hydroxylation is 1. The molecule has 2 heterocycles. The van der Waals surface area contributed by atoms with Gasteiger partial charge in [-0.05, 0) is 30.7 Å². The van der Waals surface area contributed by atoms with Crippen molar-refractivity contribution in [2.75, 3.05) is 20.2 Å². The Kier molecular flexibility index (Phi) is 5.36. The maximum Gasteiger partial charge on any atom is 0.223 e. The zero-order valence-corrected chi connectivity index (χ0v) is 12.2. The van der Waals surface area contributed by atoms with Gasteiger partial charge in [0.25, 0.3) is 0 Å². The summed E-state index contributed by atoms with van der Waals surface area (Å²) in [6.45, 7) is 1.29. The van der Waals surface area contributed by atoms with Gasteiger partial charge in [-0.15, -0.1) is 11.3 Å². The molecule has 1 aliphatic rings. The average molecular weight is 282 g/mol. The highest BCUT2D eigenvalue weighted by molar-refractivity contribution is 7.09. The van der Waals surface area contributed by atoms with Crippen molar-refractivity contribution in [3.8, 4) is 0 Å². The predicted octanol–water partition coefficient (Wildman–Crippen LogP) is 1.65. The molecule has 2 atom stereocenters. The van der Waals surface area contributed by atoms with Crippen LogP contribution in [0.3, 0.4) is 0 Å². The van der Waals surface area contributed by atoms with Gasteiger partial charge in [0.05, 0.1) is 6.10 Å². The Bertz CT molecular complexity index is 394. The fourth-order valence-electron chi connectivity index (χ4n) is 2.61. The smallest absolute Gasteiger partial charge is 0.223 e. The van der Waals surface area contributed by atoms with Gasteiger partial charge in [-0.1, -0.05) is 6.07 Å². The normalized spacial score (nSPS) is 23.6. The van der Waals surface area contributed by atoms with E-state index in [-0.39, 0.29) is 18.1 Å². The molecule has 1 aromatic heterocycles. The number of methoxy groups -OCH3 is 1. The Balaban J connectivity index is 1.87. The highest BCUT2D eigenvalue weighted by atomic mass is 32.1. The number of ether oxygens (including phenoxy) is 1. The van der Waals surface area contributed by atoms with Gasteiger partial charge in [-0.25, -0.2) is 0 Å². The number of piperidine rings is 1. The maximum atomic E-state index is 12.3. The summed E-state index contributed by atoms with van der Waals surface area (Å²) in [7, 11) is 1.73. The predicted molar refractivity (Wildman–Crippen MR) is 77.2 cm³/mol. The van der Waals surface area contributed by atoms with Gasteiger partial charge >= 0.3 is 0 Å². The first-order valence-electron chi connectivity index (χ1n) is 6.79. The van der Waals surface area contributed by atoms with E-state index >= 15 is 0 Å². The molecule has 1 fully saturated rings. The first-order valence-corrected chi connectivity index (χ1v) is 7.67. The molecular formula is C14H22N2O2S. The Hall–Kier alpha value is -0.910. The third-order valence-electron chi connectivity index (χ3n) is 3.76. The van der Waals surface area contributed by atoms with Crippen LogP contribution in [-0.4, -0.2) is 43.2 Å². The Morgan fingerprint density at radius 1 is 1.63 bits per heavy atom. The zero-order valence-electron chi connectivity index (χ0n) is 11.4. The van der Waals surface area contributed by atoms with Crippen molar-refractivity contribution >= 4 is 17.2 Å². The zero-order chi connectivity index (χ0) is 13.7. The van der Waals surface area contributed by atoms with Gasteiger partial charge < -0.3 is 15.4 Å². The van der Waals surface area contributed by atoms with Crippen LogP contribution >= 0.6 is 11.3 Å². The first kappa shape index (κ1) is 14.5. The molecule has 1 aliphatic heterocycles. The van der Waals surface area contributed by atoms with Crippen molar-refractivity contribution in [3.05, 3.63) is 22.4 Å². The van der Waals surface area contributed by atoms with Gasteiger partial charge in [-0.2, -0.15) is 0 Å². The van der Waals surface area contributed by atoms with E-state index in [1.165, 1.54) is 4.88 Å². The SMILES string of the molecule is CO[C@@H]1CCN(C(=O)CCc2cccs2)[C@H](CN)C1. The number of carbonyl (C=O) groups is 1. The number of hydrogen-bond donors (Lipinski definition) is 1. The van der Waals surface area contributed by atoms with Crippen molar-refractivity contribution in [1.82, 2.24) is 4.90 Å². The van der Waals surface area contributed by atoms with E-state index in [9.17, 15) is 4.79 Å². The minimum Gasteiger partial charge on any atom is -0.381 e. The largest absolute Gasteiger partial charge is 0.381 e. The van der Waals surface area contributed by atoms with E-state index in [1.54, 1.807) is 18.4 Å². The van der Waals surface area contributed by atoms with Crippen LogP contribution in [0.4, 0.5) is 0 Å². The average Bonchev–Trinajstić information content (AvgIpc) is 2.97. The molecule has 5 heteroatoms. The van der Waals surface area contributed by atoms with Gasteiger partial charge in [0.1, 0.15) is 0 Å². The third-order valence-corrected chi connectivity index (χ3v) is 4.70. The number of amides is 1. The summed E-state index contributed by atoms with van der Waals surface area (Å²) in [5, 5.41) is 2.05. The summed E-state index contributed by atoms with van der Waals surface area (Å²) in [4.78, 5) is 15.5. The van der Waals surface area contributed by atoms with E-state index in [2.05, 4.69) is 6.07 Å². The van der Waals surface area contributed by atoms with Crippen LogP contribution in [0.25, 0.3) is 0 Å². The number of nitrogens with two attached hydrogens (primary N) is 1. The van der Waals surface area contributed by atoms with Crippen LogP contribution in [0.5, 0.6) is 0 Å². The Morgan fingerprint density at radius 3 is 3.11 bits per heavy atom. The van der Waals surface area contributed by atoms with Crippen molar-refractivity contribution < 1.29 is 9.53 Å². The van der Waals surface area contributed by atoms with Crippen LogP contribution in [0, 0.1) is 0 Å². The highest BCUT2D eigenvalue weighted by Gasteiger charge is 2.30. The minimum absolute atomic E-state index is 0.134. The fraction of sp³-hybridized carbons (Fsp3) is 0.643. The Labute approximate surface area is 118 Å². The van der Waals surface area contributed by atoms with Gasteiger partial charge in [0.2, 0.25) is 5.91 Å². The molecule has 0 spiro atoms. The summed E-state index contributed by atoms with van der Waals surface area (Å²) in [5.41, 5.74) is 5.79. The van der Waals surface area contributed by atoms with E-state index in [0.29, 0.717) is 13.0 Å². The second kappa shape index (κ2) is 7.03. The van der Waals surface area contributed by atoms with Crippen molar-refractivity contribution in [1.29, 1.82) is 0 Å². The van der Waals surface area contributed by atoms with Crippen LogP contribution in [-0.2, 0) is 16.0 Å². The molecule has 0 bridgehead atoms. The number of thiophene rings is 1. The van der Waals surface area contributed by atoms with Crippen molar-refractivity contribution in [2.45, 2.75) is 37.8 Å². The summed E-state index contributed by atoms with van der Waals surface area (Å²) in [6, 6.07) is 4.24. The van der Waals surface area contributed by atoms with Crippen molar-refractivity contribution in [3.63, 3.8) is 0 Å². The molecule has 2 rings (SSSR count). The molecule has 1 saturated heterocycles. The topological polar surface area (TPSA) is 55.6 Å². The standard InChI is InChI=1S/C14H22N2O2S/c1-18-12-6-7-16(11(9-12)10-15)14(17)5-4-13-3-2-8-19-13/h2-3,8,11-12H,4-7,9-10,15H2,1H3/t11-,12+/m0/s1. The fourth-order valence-corrected chi connectivity index (χ4v) is 3.32. The lowest BCUT2D eigenvalue weighted by Gasteiger charge is -2.38. The van der Waals surface area contributed by atoms with Gasteiger partial charge in [0.15, 0.2) is 0 Å². The van der Waals surface area contributed by atoms with Crippen LogP contribution in [0.15, 0.2) is 17.5 Å². The summed E-state index contributed by atoms with van der Waals surface area (Å²) in [5.74, 6) is 0.221. The van der Waals surface area contributed by atoms with Gasteiger partial charge in [-0.3, -0.25) is 4.79 Å². The van der Waals surface area contributed by atoms with E-state index < -0.39 is 0 Å². The molecule has 4 nitrogen and oxygen atoms in total. The molecule has 0 aliphatic carbocycles. The molecule has 0 unspecified atom stereocenters. The second-order valence-corrected chi connectivity index (χ2v) is 5.97. The minimum atomic E-state index is 0.134. The Morgan fingerprint density at radius 2 is 2.47 bits per heavy atom. The van der Waals surface area contributed by atoms with E-state index in [0.717, 1.165) is 25.8 Å². The second-order valence-electron chi connectivity index (χ2n) is 4.94. The highest BCUT2D eigenvalue weighted by Crippen LogP contribution is 2.21. The molecule has 1 amide bonds. The van der Waals surface area contributed by atoms with E-state index in [1.807, 2.05) is 16.3 Å². The lowest BCUT2D eigenvalue weighted by atomic mass is 9.98. The number of nitrogens with zero attached hydrogens (tertiary/aromatic N) is 1. The molecule has 2 N–H and O–H groups in total. The third kappa shape index (κ3) is 3.78. The maximum absolute atomic E-state index is 12.3. The molecule has 0 aromatic carbocycles. The number of carbonyl (C=O) groups excluding carboxylic acids is 1. The first-order chi connectivity index (χ1) is 9.24. The van der Waals surface area contributed by atoms with Crippen molar-refractivity contribution in [2.24, 2.45) is 5.73 Å². The number of hydrogen-bond acceptors (Lipinski definition) is 4. The number of rotatable bonds is 5. The molecule has 0 radical (unpaired) electrons. The molecule has 1 aromatic rings. The summed E-state index contributed by atoms with van der Waals surface area (Å²) < 4.78 is 5.38. The van der Waals surface area contributed by atoms with Crippen LogP contribution in [0.1, 0.15) is 24.1 Å². The van der Waals surface area contributed by atoms with Crippen LogP contribution < -0.4 is 5.73 Å². The quantitative estimate of drug-likeness (QED) is 0.893. The summed E-state index contributed by atoms with van der Waals surface area (Å²) in [6.07, 6.45) is 3.43. The molecule has 106 valence electrons. The molecule has 19 heavy (non-hydrogen) atoms.